The maximum atomic E-state index is 13.4. The number of hydrogen-bond acceptors (Lipinski definition) is 3. The zero-order valence-electron chi connectivity index (χ0n) is 20.8. The Kier molecular flexibility index (Phi) is 7.25. The summed E-state index contributed by atoms with van der Waals surface area (Å²) >= 11 is 0. The molecule has 0 aliphatic carbocycles. The first kappa shape index (κ1) is 26.3. The lowest BCUT2D eigenvalue weighted by Gasteiger charge is -2.32. The first-order valence-corrected chi connectivity index (χ1v) is 13.8. The third-order valence-corrected chi connectivity index (χ3v) is 6.31. The van der Waals surface area contributed by atoms with E-state index in [2.05, 4.69) is 33.9 Å². The van der Waals surface area contributed by atoms with Gasteiger partial charge >= 0.3 is 6.18 Å². The van der Waals surface area contributed by atoms with Crippen molar-refractivity contribution < 1.29 is 22.3 Å². The number of rotatable bonds is 6. The average Bonchev–Trinajstić information content (AvgIpc) is 2.68. The molecule has 2 aromatic rings. The van der Waals surface area contributed by atoms with Gasteiger partial charge in [-0.3, -0.25) is 9.36 Å². The Labute approximate surface area is 201 Å². The largest absolute Gasteiger partial charge is 0.483 e. The number of fused-ring (bicyclic) bond motifs is 1. The number of halogens is 3. The van der Waals surface area contributed by atoms with Crippen molar-refractivity contribution in [2.45, 2.75) is 78.4 Å². The third kappa shape index (κ3) is 6.42. The van der Waals surface area contributed by atoms with Gasteiger partial charge in [-0.1, -0.05) is 20.8 Å². The number of ether oxygens (including phenoxy) is 1. The van der Waals surface area contributed by atoms with E-state index < -0.39 is 26.4 Å². The molecule has 3 rings (SSSR count). The predicted octanol–water partition coefficient (Wildman–Crippen LogP) is 7.06. The molecule has 1 aromatic heterocycles. The predicted molar refractivity (Wildman–Crippen MR) is 130 cm³/mol. The number of aromatic nitrogens is 1. The maximum absolute atomic E-state index is 13.4. The second kappa shape index (κ2) is 9.38. The fourth-order valence-corrected chi connectivity index (χ4v) is 4.77. The lowest BCUT2D eigenvalue weighted by atomic mass is 9.88. The SMILES string of the molecule is C[Si](C)OC(CCC(C)(C)C)c1ccn(C2=CC(C)(C)Oc3ccc(C(F)(F)F)cc32)c(=O)c1. The Morgan fingerprint density at radius 3 is 2.35 bits per heavy atom. The Morgan fingerprint density at radius 2 is 1.79 bits per heavy atom. The molecule has 1 atom stereocenters. The lowest BCUT2D eigenvalue weighted by molar-refractivity contribution is -0.137. The molecular formula is C26H33F3NO3Si. The molecule has 4 nitrogen and oxygen atoms in total. The molecule has 8 heteroatoms. The summed E-state index contributed by atoms with van der Waals surface area (Å²) in [5.74, 6) is 0.307. The molecule has 0 saturated carbocycles. The Morgan fingerprint density at radius 1 is 1.12 bits per heavy atom. The van der Waals surface area contributed by atoms with E-state index in [1.165, 1.54) is 16.7 Å². The van der Waals surface area contributed by atoms with Crippen molar-refractivity contribution in [3.8, 4) is 5.75 Å². The van der Waals surface area contributed by atoms with Crippen LogP contribution in [0.5, 0.6) is 5.75 Å². The summed E-state index contributed by atoms with van der Waals surface area (Å²) in [6, 6.07) is 6.71. The van der Waals surface area contributed by atoms with E-state index in [1.54, 1.807) is 26.1 Å². The quantitative estimate of drug-likeness (QED) is 0.405. The minimum Gasteiger partial charge on any atom is -0.483 e. The number of alkyl halides is 3. The van der Waals surface area contributed by atoms with Gasteiger partial charge in [-0.05, 0) is 81.1 Å². The molecule has 1 aliphatic rings. The van der Waals surface area contributed by atoms with Crippen LogP contribution in [0.25, 0.3) is 5.70 Å². The molecule has 1 unspecified atom stereocenters. The molecule has 0 fully saturated rings. The summed E-state index contributed by atoms with van der Waals surface area (Å²) in [6.07, 6.45) is 0.321. The second-order valence-electron chi connectivity index (χ2n) is 10.7. The van der Waals surface area contributed by atoms with Gasteiger partial charge in [0.05, 0.1) is 17.4 Å². The summed E-state index contributed by atoms with van der Waals surface area (Å²) in [5.41, 5.74) is -0.387. The smallest absolute Gasteiger partial charge is 0.416 e. The summed E-state index contributed by atoms with van der Waals surface area (Å²) in [4.78, 5) is 13.2. The highest BCUT2D eigenvalue weighted by atomic mass is 28.3. The first-order valence-electron chi connectivity index (χ1n) is 11.4. The third-order valence-electron chi connectivity index (χ3n) is 5.55. The Balaban J connectivity index is 2.05. The molecule has 1 radical (unpaired) electrons. The van der Waals surface area contributed by atoms with E-state index >= 15 is 0 Å². The van der Waals surface area contributed by atoms with Crippen LogP contribution in [-0.2, 0) is 10.6 Å². The Hall–Kier alpha value is -2.32. The highest BCUT2D eigenvalue weighted by Crippen LogP contribution is 2.40. The molecule has 1 aliphatic heterocycles. The molecule has 0 spiro atoms. The second-order valence-corrected chi connectivity index (χ2v) is 12.8. The van der Waals surface area contributed by atoms with Crippen molar-refractivity contribution in [1.29, 1.82) is 0 Å². The van der Waals surface area contributed by atoms with Gasteiger partial charge < -0.3 is 9.16 Å². The summed E-state index contributed by atoms with van der Waals surface area (Å²) < 4.78 is 53.6. The normalized spacial score (nSPS) is 16.6. The zero-order valence-corrected chi connectivity index (χ0v) is 21.8. The van der Waals surface area contributed by atoms with Crippen molar-refractivity contribution in [3.05, 3.63) is 69.6 Å². The first-order chi connectivity index (χ1) is 15.6. The summed E-state index contributed by atoms with van der Waals surface area (Å²) in [7, 11) is -1.01. The van der Waals surface area contributed by atoms with E-state index in [0.29, 0.717) is 11.4 Å². The Bertz CT molecular complexity index is 1130. The van der Waals surface area contributed by atoms with Crippen molar-refractivity contribution in [3.63, 3.8) is 0 Å². The van der Waals surface area contributed by atoms with Gasteiger partial charge in [0, 0.05) is 17.8 Å². The van der Waals surface area contributed by atoms with Gasteiger partial charge in [-0.2, -0.15) is 13.2 Å². The highest BCUT2D eigenvalue weighted by Gasteiger charge is 2.34. The van der Waals surface area contributed by atoms with Crippen molar-refractivity contribution >= 4 is 14.7 Å². The molecule has 0 N–H and O–H groups in total. The van der Waals surface area contributed by atoms with E-state index in [4.69, 9.17) is 9.16 Å². The molecule has 0 amide bonds. The molecule has 0 saturated heterocycles. The molecule has 1 aromatic carbocycles. The van der Waals surface area contributed by atoms with Crippen LogP contribution in [0.3, 0.4) is 0 Å². The van der Waals surface area contributed by atoms with Gasteiger partial charge in [0.25, 0.3) is 5.56 Å². The van der Waals surface area contributed by atoms with Crippen LogP contribution in [-0.4, -0.2) is 19.2 Å². The van der Waals surface area contributed by atoms with Crippen LogP contribution < -0.4 is 10.3 Å². The van der Waals surface area contributed by atoms with Crippen LogP contribution >= 0.6 is 0 Å². The van der Waals surface area contributed by atoms with Crippen LogP contribution in [0.1, 0.15) is 70.3 Å². The van der Waals surface area contributed by atoms with Gasteiger partial charge in [0.1, 0.15) is 11.4 Å². The minimum atomic E-state index is -4.50. The van der Waals surface area contributed by atoms with E-state index in [0.717, 1.165) is 30.5 Å². The lowest BCUT2D eigenvalue weighted by Crippen LogP contribution is -2.32. The maximum Gasteiger partial charge on any atom is 0.416 e. The van der Waals surface area contributed by atoms with Crippen molar-refractivity contribution in [2.24, 2.45) is 5.41 Å². The zero-order chi connectivity index (χ0) is 25.5. The summed E-state index contributed by atoms with van der Waals surface area (Å²) in [6.45, 7) is 14.2. The number of benzene rings is 1. The molecular weight excluding hydrogens is 459 g/mol. The molecule has 185 valence electrons. The van der Waals surface area contributed by atoms with E-state index in [-0.39, 0.29) is 22.6 Å². The van der Waals surface area contributed by atoms with Crippen LogP contribution in [0, 0.1) is 5.41 Å². The highest BCUT2D eigenvalue weighted by molar-refractivity contribution is 6.48. The van der Waals surface area contributed by atoms with Crippen molar-refractivity contribution in [1.82, 2.24) is 4.57 Å². The molecule has 34 heavy (non-hydrogen) atoms. The standard InChI is InChI=1S/C26H33F3NO3Si/c1-24(2,3)12-10-21(33-34(6)7)17-11-13-30(23(31)14-17)20-16-25(4,5)32-22-9-8-18(15-19(20)22)26(27,28)29/h8-9,11,13-16,21H,10,12H2,1-7H3. The van der Waals surface area contributed by atoms with Gasteiger partial charge in [0.15, 0.2) is 0 Å². The number of pyridine rings is 1. The van der Waals surface area contributed by atoms with E-state index in [9.17, 15) is 18.0 Å². The fourth-order valence-electron chi connectivity index (χ4n) is 3.95. The van der Waals surface area contributed by atoms with Crippen molar-refractivity contribution in [2.75, 3.05) is 0 Å². The van der Waals surface area contributed by atoms with E-state index in [1.807, 2.05) is 6.07 Å². The van der Waals surface area contributed by atoms with Crippen LogP contribution in [0.4, 0.5) is 13.2 Å². The molecule has 0 bridgehead atoms. The monoisotopic (exact) mass is 492 g/mol. The topological polar surface area (TPSA) is 40.5 Å². The van der Waals surface area contributed by atoms with Crippen LogP contribution in [0.2, 0.25) is 13.1 Å². The average molecular weight is 493 g/mol. The summed E-state index contributed by atoms with van der Waals surface area (Å²) in [5, 5.41) is 0. The van der Waals surface area contributed by atoms with Gasteiger partial charge in [0.2, 0.25) is 9.04 Å². The van der Waals surface area contributed by atoms with Gasteiger partial charge in [-0.25, -0.2) is 0 Å². The fraction of sp³-hybridized carbons (Fsp3) is 0.500. The number of hydrogen-bond donors (Lipinski definition) is 0. The van der Waals surface area contributed by atoms with Gasteiger partial charge in [-0.15, -0.1) is 0 Å². The number of nitrogens with zero attached hydrogens (tertiary/aromatic N) is 1. The molecule has 2 heterocycles. The minimum absolute atomic E-state index is 0.128. The van der Waals surface area contributed by atoms with Crippen LogP contribution in [0.15, 0.2) is 47.4 Å².